The Balaban J connectivity index is 2.01. The van der Waals surface area contributed by atoms with Crippen LogP contribution in [0.2, 0.25) is 0 Å². The van der Waals surface area contributed by atoms with Crippen LogP contribution in [-0.4, -0.2) is 12.6 Å². The number of rotatable bonds is 2. The van der Waals surface area contributed by atoms with E-state index in [1.807, 2.05) is 0 Å². The summed E-state index contributed by atoms with van der Waals surface area (Å²) in [4.78, 5) is 0. The fourth-order valence-corrected chi connectivity index (χ4v) is 3.70. The molecule has 2 rings (SSSR count). The van der Waals surface area contributed by atoms with Crippen LogP contribution < -0.4 is 5.32 Å². The zero-order valence-electron chi connectivity index (χ0n) is 9.65. The lowest BCUT2D eigenvalue weighted by molar-refractivity contribution is 0.121. The Morgan fingerprint density at radius 2 is 1.43 bits per heavy atom. The number of hydrogen-bond donors (Lipinski definition) is 1. The minimum absolute atomic E-state index is 0.540. The van der Waals surface area contributed by atoms with E-state index < -0.39 is 0 Å². The van der Waals surface area contributed by atoms with Crippen molar-refractivity contribution in [1.82, 2.24) is 5.32 Å². The van der Waals surface area contributed by atoms with Crippen LogP contribution in [0.4, 0.5) is 0 Å². The summed E-state index contributed by atoms with van der Waals surface area (Å²) in [7, 11) is 2.19. The van der Waals surface area contributed by atoms with Crippen LogP contribution in [0.3, 0.4) is 0 Å². The molecule has 14 heavy (non-hydrogen) atoms. The Morgan fingerprint density at radius 3 is 2.00 bits per heavy atom. The highest BCUT2D eigenvalue weighted by Gasteiger charge is 2.38. The maximum Gasteiger partial charge on any atom is 0.0206 e. The Kier molecular flexibility index (Phi) is 3.48. The van der Waals surface area contributed by atoms with Crippen LogP contribution in [0.15, 0.2) is 0 Å². The zero-order chi connectivity index (χ0) is 9.86. The molecule has 1 N–H and O–H groups in total. The van der Waals surface area contributed by atoms with Gasteiger partial charge < -0.3 is 5.32 Å². The summed E-state index contributed by atoms with van der Waals surface area (Å²) in [6, 6.07) is 0. The maximum atomic E-state index is 3.69. The van der Waals surface area contributed by atoms with Gasteiger partial charge in [-0.15, -0.1) is 0 Å². The van der Waals surface area contributed by atoms with Crippen LogP contribution in [0, 0.1) is 5.92 Å². The molecular weight excluding hydrogens is 170 g/mol. The summed E-state index contributed by atoms with van der Waals surface area (Å²) in [5, 5.41) is 3.69. The van der Waals surface area contributed by atoms with Crippen LogP contribution in [0.5, 0.6) is 0 Å². The monoisotopic (exact) mass is 195 g/mol. The molecule has 0 saturated heterocycles. The van der Waals surface area contributed by atoms with E-state index >= 15 is 0 Å². The summed E-state index contributed by atoms with van der Waals surface area (Å²) in [5.41, 5.74) is 0.540. The van der Waals surface area contributed by atoms with Gasteiger partial charge in [0.25, 0.3) is 0 Å². The van der Waals surface area contributed by atoms with E-state index in [0.29, 0.717) is 5.54 Å². The summed E-state index contributed by atoms with van der Waals surface area (Å²) >= 11 is 0. The van der Waals surface area contributed by atoms with Gasteiger partial charge in [0, 0.05) is 5.54 Å². The largest absolute Gasteiger partial charge is 0.314 e. The van der Waals surface area contributed by atoms with Gasteiger partial charge >= 0.3 is 0 Å². The highest BCUT2D eigenvalue weighted by atomic mass is 15.0. The molecule has 0 aliphatic heterocycles. The van der Waals surface area contributed by atoms with Crippen molar-refractivity contribution < 1.29 is 0 Å². The standard InChI is InChI=1S/C13H25N/c1-14-13(10-6-3-7-11-13)12-8-4-2-5-9-12/h12,14H,2-11H2,1H3. The average Bonchev–Trinajstić information content (AvgIpc) is 2.31. The maximum absolute atomic E-state index is 3.69. The van der Waals surface area contributed by atoms with Crippen LogP contribution >= 0.6 is 0 Å². The molecule has 0 aromatic rings. The van der Waals surface area contributed by atoms with Crippen molar-refractivity contribution in [2.45, 2.75) is 69.7 Å². The van der Waals surface area contributed by atoms with Gasteiger partial charge in [0.2, 0.25) is 0 Å². The fraction of sp³-hybridized carbons (Fsp3) is 1.00. The fourth-order valence-electron chi connectivity index (χ4n) is 3.70. The van der Waals surface area contributed by atoms with Crippen molar-refractivity contribution in [2.75, 3.05) is 7.05 Å². The lowest BCUT2D eigenvalue weighted by Gasteiger charge is -2.45. The molecule has 1 heteroatoms. The third-order valence-corrected chi connectivity index (χ3v) is 4.63. The van der Waals surface area contributed by atoms with Gasteiger partial charge in [-0.05, 0) is 38.6 Å². The smallest absolute Gasteiger partial charge is 0.0206 e. The summed E-state index contributed by atoms with van der Waals surface area (Å²) < 4.78 is 0. The molecular formula is C13H25N. The van der Waals surface area contributed by atoms with Gasteiger partial charge in [0.1, 0.15) is 0 Å². The third kappa shape index (κ3) is 1.98. The third-order valence-electron chi connectivity index (χ3n) is 4.63. The van der Waals surface area contributed by atoms with Gasteiger partial charge in [0.15, 0.2) is 0 Å². The van der Waals surface area contributed by atoms with Crippen molar-refractivity contribution >= 4 is 0 Å². The SMILES string of the molecule is CNC1(C2CCCCC2)CCCCC1. The Morgan fingerprint density at radius 1 is 0.857 bits per heavy atom. The molecule has 2 aliphatic carbocycles. The van der Waals surface area contributed by atoms with Gasteiger partial charge in [-0.3, -0.25) is 0 Å². The van der Waals surface area contributed by atoms with Crippen LogP contribution in [0.25, 0.3) is 0 Å². The topological polar surface area (TPSA) is 12.0 Å². The Bertz CT molecular complexity index is 164. The van der Waals surface area contributed by atoms with E-state index in [9.17, 15) is 0 Å². The normalized spacial score (nSPS) is 28.9. The van der Waals surface area contributed by atoms with Crippen molar-refractivity contribution in [3.63, 3.8) is 0 Å². The second kappa shape index (κ2) is 4.65. The van der Waals surface area contributed by atoms with E-state index in [1.54, 1.807) is 0 Å². The molecule has 0 heterocycles. The van der Waals surface area contributed by atoms with E-state index in [-0.39, 0.29) is 0 Å². The molecule has 0 spiro atoms. The summed E-state index contributed by atoms with van der Waals surface area (Å²) in [6.07, 6.45) is 14.7. The first-order chi connectivity index (χ1) is 6.87. The van der Waals surface area contributed by atoms with Crippen molar-refractivity contribution in [1.29, 1.82) is 0 Å². The van der Waals surface area contributed by atoms with Gasteiger partial charge in [-0.1, -0.05) is 38.5 Å². The minimum Gasteiger partial charge on any atom is -0.314 e. The first-order valence-corrected chi connectivity index (χ1v) is 6.56. The van der Waals surface area contributed by atoms with Gasteiger partial charge in [-0.25, -0.2) is 0 Å². The molecule has 0 radical (unpaired) electrons. The first kappa shape index (κ1) is 10.5. The molecule has 0 aromatic carbocycles. The van der Waals surface area contributed by atoms with Crippen LogP contribution in [-0.2, 0) is 0 Å². The minimum atomic E-state index is 0.540. The van der Waals surface area contributed by atoms with Crippen molar-refractivity contribution in [3.8, 4) is 0 Å². The second-order valence-corrected chi connectivity index (χ2v) is 5.30. The number of hydrogen-bond acceptors (Lipinski definition) is 1. The molecule has 2 aliphatic rings. The molecule has 2 fully saturated rings. The summed E-state index contributed by atoms with van der Waals surface area (Å²) in [5.74, 6) is 0.988. The van der Waals surface area contributed by atoms with Crippen molar-refractivity contribution in [2.24, 2.45) is 5.92 Å². The highest BCUT2D eigenvalue weighted by molar-refractivity contribution is 4.96. The van der Waals surface area contributed by atoms with Gasteiger partial charge in [-0.2, -0.15) is 0 Å². The van der Waals surface area contributed by atoms with E-state index in [2.05, 4.69) is 12.4 Å². The highest BCUT2D eigenvalue weighted by Crippen LogP contribution is 2.41. The van der Waals surface area contributed by atoms with Crippen molar-refractivity contribution in [3.05, 3.63) is 0 Å². The molecule has 1 nitrogen and oxygen atoms in total. The molecule has 0 amide bonds. The van der Waals surface area contributed by atoms with E-state index in [4.69, 9.17) is 0 Å². The lowest BCUT2D eigenvalue weighted by atomic mass is 9.67. The molecule has 82 valence electrons. The molecule has 0 atom stereocenters. The van der Waals surface area contributed by atoms with Crippen LogP contribution in [0.1, 0.15) is 64.2 Å². The average molecular weight is 195 g/mol. The number of nitrogens with one attached hydrogen (secondary N) is 1. The van der Waals surface area contributed by atoms with E-state index in [1.165, 1.54) is 64.2 Å². The molecule has 0 unspecified atom stereocenters. The second-order valence-electron chi connectivity index (χ2n) is 5.30. The quantitative estimate of drug-likeness (QED) is 0.711. The predicted molar refractivity (Wildman–Crippen MR) is 61.5 cm³/mol. The van der Waals surface area contributed by atoms with E-state index in [0.717, 1.165) is 5.92 Å². The lowest BCUT2D eigenvalue weighted by Crippen LogP contribution is -2.51. The predicted octanol–water partition coefficient (Wildman–Crippen LogP) is 3.49. The zero-order valence-corrected chi connectivity index (χ0v) is 9.65. The Hall–Kier alpha value is -0.0400. The molecule has 0 aromatic heterocycles. The van der Waals surface area contributed by atoms with Gasteiger partial charge in [0.05, 0.1) is 0 Å². The molecule has 2 saturated carbocycles. The first-order valence-electron chi connectivity index (χ1n) is 6.56. The molecule has 0 bridgehead atoms. The Labute approximate surface area is 88.7 Å². The summed E-state index contributed by atoms with van der Waals surface area (Å²) in [6.45, 7) is 0.